The molecule has 0 aromatic heterocycles. The van der Waals surface area contributed by atoms with E-state index in [2.05, 4.69) is 24.4 Å². The molecule has 0 saturated heterocycles. The SMILES string of the molecule is C/C=C/C1(C(C)=O)CC1CCCCNC1C=C1C. The monoisotopic (exact) mass is 247 g/mol. The van der Waals surface area contributed by atoms with E-state index in [1.54, 1.807) is 6.92 Å². The molecule has 0 aromatic carbocycles. The molecule has 0 bridgehead atoms. The van der Waals surface area contributed by atoms with Crippen LogP contribution in [0.1, 0.15) is 46.5 Å². The fourth-order valence-corrected chi connectivity index (χ4v) is 2.97. The minimum atomic E-state index is -0.0865. The summed E-state index contributed by atoms with van der Waals surface area (Å²) in [6.45, 7) is 7.01. The molecular weight excluding hydrogens is 222 g/mol. The van der Waals surface area contributed by atoms with E-state index in [1.165, 1.54) is 24.8 Å². The van der Waals surface area contributed by atoms with Crippen molar-refractivity contribution in [3.8, 4) is 0 Å². The Kier molecular flexibility index (Phi) is 4.06. The van der Waals surface area contributed by atoms with E-state index in [0.29, 0.717) is 17.7 Å². The molecule has 1 N–H and O–H groups in total. The molecule has 0 heterocycles. The van der Waals surface area contributed by atoms with E-state index in [4.69, 9.17) is 0 Å². The van der Waals surface area contributed by atoms with Crippen molar-refractivity contribution in [2.45, 2.75) is 52.5 Å². The van der Waals surface area contributed by atoms with Crippen LogP contribution in [0.15, 0.2) is 23.8 Å². The van der Waals surface area contributed by atoms with E-state index in [-0.39, 0.29) is 5.41 Å². The predicted molar refractivity (Wildman–Crippen MR) is 75.4 cm³/mol. The highest BCUT2D eigenvalue weighted by Crippen LogP contribution is 2.56. The third-order valence-corrected chi connectivity index (χ3v) is 4.43. The summed E-state index contributed by atoms with van der Waals surface area (Å²) in [5, 5.41) is 3.50. The summed E-state index contributed by atoms with van der Waals surface area (Å²) in [6, 6.07) is 0.588. The highest BCUT2D eigenvalue weighted by Gasteiger charge is 2.54. The molecule has 2 heteroatoms. The van der Waals surface area contributed by atoms with Gasteiger partial charge in [-0.05, 0) is 52.5 Å². The van der Waals surface area contributed by atoms with Gasteiger partial charge >= 0.3 is 0 Å². The zero-order valence-electron chi connectivity index (χ0n) is 11.8. The van der Waals surface area contributed by atoms with Crippen molar-refractivity contribution >= 4 is 5.78 Å². The Morgan fingerprint density at radius 3 is 2.83 bits per heavy atom. The first-order valence-electron chi connectivity index (χ1n) is 7.17. The Hall–Kier alpha value is -0.890. The smallest absolute Gasteiger partial charge is 0.140 e. The Bertz CT molecular complexity index is 383. The maximum absolute atomic E-state index is 11.7. The van der Waals surface area contributed by atoms with Gasteiger partial charge in [-0.3, -0.25) is 4.79 Å². The molecule has 0 amide bonds. The van der Waals surface area contributed by atoms with Crippen molar-refractivity contribution in [3.05, 3.63) is 23.8 Å². The molecule has 3 atom stereocenters. The molecular formula is C16H25NO. The first-order chi connectivity index (χ1) is 8.60. The standard InChI is InChI=1S/C16H25NO/c1-4-8-16(13(3)18)11-14(16)7-5-6-9-17-15-10-12(15)2/h4,8,10,14-15,17H,5-7,9,11H2,1-3H3/b8-4+. The van der Waals surface area contributed by atoms with Gasteiger partial charge in [0.1, 0.15) is 5.78 Å². The third kappa shape index (κ3) is 2.92. The Morgan fingerprint density at radius 1 is 1.56 bits per heavy atom. The van der Waals surface area contributed by atoms with Crippen molar-refractivity contribution in [1.82, 2.24) is 5.32 Å². The van der Waals surface area contributed by atoms with Crippen molar-refractivity contribution < 1.29 is 4.79 Å². The number of carbonyl (C=O) groups excluding carboxylic acids is 1. The number of hydrogen-bond acceptors (Lipinski definition) is 2. The number of carbonyl (C=O) groups is 1. The molecule has 0 spiro atoms. The summed E-state index contributed by atoms with van der Waals surface area (Å²) >= 11 is 0. The van der Waals surface area contributed by atoms with Gasteiger partial charge in [0, 0.05) is 11.5 Å². The number of nitrogens with one attached hydrogen (secondary N) is 1. The maximum atomic E-state index is 11.7. The van der Waals surface area contributed by atoms with Gasteiger partial charge in [-0.1, -0.05) is 30.2 Å². The third-order valence-electron chi connectivity index (χ3n) is 4.43. The highest BCUT2D eigenvalue weighted by molar-refractivity contribution is 5.87. The number of rotatable bonds is 8. The molecule has 2 aliphatic carbocycles. The lowest BCUT2D eigenvalue weighted by molar-refractivity contribution is -0.120. The topological polar surface area (TPSA) is 29.1 Å². The average Bonchev–Trinajstić information content (AvgIpc) is 3.19. The first-order valence-corrected chi connectivity index (χ1v) is 7.17. The lowest BCUT2D eigenvalue weighted by atomic mass is 9.96. The molecule has 18 heavy (non-hydrogen) atoms. The van der Waals surface area contributed by atoms with Crippen molar-refractivity contribution in [2.75, 3.05) is 6.54 Å². The summed E-state index contributed by atoms with van der Waals surface area (Å²) < 4.78 is 0. The molecule has 2 aliphatic rings. The van der Waals surface area contributed by atoms with Crippen molar-refractivity contribution in [1.29, 1.82) is 0 Å². The molecule has 0 aliphatic heterocycles. The first kappa shape index (κ1) is 13.5. The van der Waals surface area contributed by atoms with Gasteiger partial charge in [-0.15, -0.1) is 0 Å². The van der Waals surface area contributed by atoms with Crippen LogP contribution in [0.5, 0.6) is 0 Å². The summed E-state index contributed by atoms with van der Waals surface area (Å²) in [6.07, 6.45) is 11.1. The van der Waals surface area contributed by atoms with Crippen LogP contribution in [-0.2, 0) is 4.79 Å². The number of Topliss-reactive ketones (excluding diaryl/α,β-unsaturated/α-hetero) is 1. The summed E-state index contributed by atoms with van der Waals surface area (Å²) in [4.78, 5) is 11.7. The molecule has 2 nitrogen and oxygen atoms in total. The Morgan fingerprint density at radius 2 is 2.28 bits per heavy atom. The van der Waals surface area contributed by atoms with Gasteiger partial charge in [0.15, 0.2) is 0 Å². The maximum Gasteiger partial charge on any atom is 0.140 e. The largest absolute Gasteiger partial charge is 0.307 e. The van der Waals surface area contributed by atoms with Crippen LogP contribution < -0.4 is 5.32 Å². The second-order valence-electron chi connectivity index (χ2n) is 5.84. The van der Waals surface area contributed by atoms with E-state index in [9.17, 15) is 4.79 Å². The fraction of sp³-hybridized carbons (Fsp3) is 0.688. The second kappa shape index (κ2) is 5.40. The lowest BCUT2D eigenvalue weighted by Crippen LogP contribution is -2.20. The van der Waals surface area contributed by atoms with Gasteiger partial charge < -0.3 is 5.32 Å². The number of unbranched alkanes of at least 4 members (excludes halogenated alkanes) is 1. The van der Waals surface area contributed by atoms with Gasteiger partial charge in [0.25, 0.3) is 0 Å². The lowest BCUT2D eigenvalue weighted by Gasteiger charge is -2.08. The molecule has 0 radical (unpaired) electrons. The Balaban J connectivity index is 1.59. The normalized spacial score (nSPS) is 33.6. The van der Waals surface area contributed by atoms with Gasteiger partial charge in [0.05, 0.1) is 0 Å². The van der Waals surface area contributed by atoms with Crippen LogP contribution in [0.2, 0.25) is 0 Å². The molecule has 1 saturated carbocycles. The average molecular weight is 247 g/mol. The van der Waals surface area contributed by atoms with E-state index >= 15 is 0 Å². The van der Waals surface area contributed by atoms with Gasteiger partial charge in [-0.25, -0.2) is 0 Å². The van der Waals surface area contributed by atoms with E-state index in [1.807, 2.05) is 13.0 Å². The van der Waals surface area contributed by atoms with Crippen LogP contribution in [-0.4, -0.2) is 18.4 Å². The molecule has 0 aromatic rings. The fourth-order valence-electron chi connectivity index (χ4n) is 2.97. The minimum Gasteiger partial charge on any atom is -0.307 e. The quantitative estimate of drug-likeness (QED) is 0.527. The molecule has 3 unspecified atom stereocenters. The van der Waals surface area contributed by atoms with Crippen LogP contribution in [0.25, 0.3) is 0 Å². The van der Waals surface area contributed by atoms with Crippen molar-refractivity contribution in [3.63, 3.8) is 0 Å². The van der Waals surface area contributed by atoms with E-state index in [0.717, 1.165) is 13.0 Å². The number of allylic oxidation sites excluding steroid dienone is 2. The van der Waals surface area contributed by atoms with Gasteiger partial charge in [-0.2, -0.15) is 0 Å². The molecule has 1 fully saturated rings. The summed E-state index contributed by atoms with van der Waals surface area (Å²) in [5.41, 5.74) is 1.39. The van der Waals surface area contributed by atoms with Crippen LogP contribution >= 0.6 is 0 Å². The van der Waals surface area contributed by atoms with Gasteiger partial charge in [0.2, 0.25) is 0 Å². The summed E-state index contributed by atoms with van der Waals surface area (Å²) in [7, 11) is 0. The Labute approximate surface area is 111 Å². The zero-order valence-corrected chi connectivity index (χ0v) is 11.8. The van der Waals surface area contributed by atoms with Crippen LogP contribution in [0.4, 0.5) is 0 Å². The number of ketones is 1. The second-order valence-corrected chi connectivity index (χ2v) is 5.84. The van der Waals surface area contributed by atoms with Crippen molar-refractivity contribution in [2.24, 2.45) is 11.3 Å². The van der Waals surface area contributed by atoms with E-state index < -0.39 is 0 Å². The summed E-state index contributed by atoms with van der Waals surface area (Å²) in [5.74, 6) is 0.952. The zero-order chi connectivity index (χ0) is 13.2. The minimum absolute atomic E-state index is 0.0865. The molecule has 2 rings (SSSR count). The number of hydrogen-bond donors (Lipinski definition) is 1. The molecule has 100 valence electrons. The predicted octanol–water partition coefficient (Wildman–Crippen LogP) is 3.25. The van der Waals surface area contributed by atoms with Crippen LogP contribution in [0.3, 0.4) is 0 Å². The highest BCUT2D eigenvalue weighted by atomic mass is 16.1. The van der Waals surface area contributed by atoms with Crippen LogP contribution in [0, 0.1) is 11.3 Å².